The van der Waals surface area contributed by atoms with Gasteiger partial charge in [0, 0.05) is 0 Å². The minimum absolute atomic E-state index is 0.0794. The Balaban J connectivity index is 2.76. The molecule has 0 unspecified atom stereocenters. The molecule has 0 radical (unpaired) electrons. The molecule has 0 aliphatic heterocycles. The van der Waals surface area contributed by atoms with Crippen molar-refractivity contribution in [2.75, 3.05) is 0 Å². The summed E-state index contributed by atoms with van der Waals surface area (Å²) in [5.74, 6) is 0. The van der Waals surface area contributed by atoms with Gasteiger partial charge in [-0.15, -0.1) is 0 Å². The summed E-state index contributed by atoms with van der Waals surface area (Å²) in [7, 11) is -4.03. The quantitative estimate of drug-likeness (QED) is 0.756. The van der Waals surface area contributed by atoms with Crippen LogP contribution in [0.15, 0.2) is 60.7 Å². The van der Waals surface area contributed by atoms with Gasteiger partial charge in [-0.2, -0.15) is 0 Å². The summed E-state index contributed by atoms with van der Waals surface area (Å²) in [5.41, 5.74) is 0. The fraction of sp³-hybridized carbons (Fsp3) is 0.368. The molecule has 0 spiro atoms. The molecule has 0 fully saturated rings. The van der Waals surface area contributed by atoms with Crippen LogP contribution in [0.3, 0.4) is 0 Å². The molecular weight excluding hydrogens is 300 g/mol. The minimum Gasteiger partial charge on any atom is -0.449 e. The molecule has 2 aromatic carbocycles. The molecule has 0 aliphatic carbocycles. The number of rotatable bonds is 4. The highest BCUT2D eigenvalue weighted by atomic mass is 28.4. The molecule has 0 aromatic heterocycles. The van der Waals surface area contributed by atoms with Crippen molar-refractivity contribution in [3.05, 3.63) is 60.7 Å². The molecule has 0 atom stereocenters. The van der Waals surface area contributed by atoms with E-state index < -0.39 is 16.6 Å². The Kier molecular flexibility index (Phi) is 4.80. The standard InChI is InChI=1S/C19H28OSi2/c1-19(2,3)22(20-21(4,5)6,17-13-9-7-10-14-17)18-15-11-8-12-16-18/h7-16H,1-6H3. The third-order valence-electron chi connectivity index (χ3n) is 3.88. The third-order valence-corrected chi connectivity index (χ3v) is 12.0. The van der Waals surface area contributed by atoms with Crippen LogP contribution in [-0.2, 0) is 4.12 Å². The van der Waals surface area contributed by atoms with Gasteiger partial charge in [-0.05, 0) is 35.1 Å². The summed E-state index contributed by atoms with van der Waals surface area (Å²) in [6.07, 6.45) is 0. The van der Waals surface area contributed by atoms with Gasteiger partial charge < -0.3 is 4.12 Å². The first kappa shape index (κ1) is 17.2. The van der Waals surface area contributed by atoms with Crippen LogP contribution in [0.2, 0.25) is 24.7 Å². The molecule has 0 amide bonds. The predicted molar refractivity (Wildman–Crippen MR) is 102 cm³/mol. The predicted octanol–water partition coefficient (Wildman–Crippen LogP) is 4.40. The van der Waals surface area contributed by atoms with Gasteiger partial charge in [0.1, 0.15) is 0 Å². The molecule has 2 aromatic rings. The molecule has 0 N–H and O–H groups in total. The molecular formula is C19H28OSi2. The Bertz CT molecular complexity index is 555. The van der Waals surface area contributed by atoms with Gasteiger partial charge in [-0.25, -0.2) is 0 Å². The van der Waals surface area contributed by atoms with Crippen LogP contribution < -0.4 is 10.4 Å². The lowest BCUT2D eigenvalue weighted by atomic mass is 10.2. The summed E-state index contributed by atoms with van der Waals surface area (Å²) in [6, 6.07) is 21.7. The van der Waals surface area contributed by atoms with E-state index in [1.807, 2.05) is 0 Å². The van der Waals surface area contributed by atoms with E-state index in [2.05, 4.69) is 101 Å². The van der Waals surface area contributed by atoms with E-state index in [0.29, 0.717) is 0 Å². The monoisotopic (exact) mass is 328 g/mol. The van der Waals surface area contributed by atoms with E-state index in [4.69, 9.17) is 4.12 Å². The highest BCUT2D eigenvalue weighted by Gasteiger charge is 2.51. The Labute approximate surface area is 137 Å². The first-order valence-corrected chi connectivity index (χ1v) is 13.3. The maximum atomic E-state index is 7.04. The Morgan fingerprint density at radius 2 is 1.05 bits per heavy atom. The summed E-state index contributed by atoms with van der Waals surface area (Å²) in [5, 5.41) is 2.82. The fourth-order valence-electron chi connectivity index (χ4n) is 3.11. The Hall–Kier alpha value is -1.17. The summed E-state index contributed by atoms with van der Waals surface area (Å²) >= 11 is 0. The molecule has 22 heavy (non-hydrogen) atoms. The smallest absolute Gasteiger partial charge is 0.250 e. The molecule has 118 valence electrons. The maximum absolute atomic E-state index is 7.04. The molecule has 1 nitrogen and oxygen atoms in total. The Morgan fingerprint density at radius 1 is 0.682 bits per heavy atom. The van der Waals surface area contributed by atoms with Gasteiger partial charge in [0.25, 0.3) is 8.32 Å². The van der Waals surface area contributed by atoms with Gasteiger partial charge in [0.15, 0.2) is 8.32 Å². The van der Waals surface area contributed by atoms with Crippen molar-refractivity contribution in [2.24, 2.45) is 0 Å². The third kappa shape index (κ3) is 3.42. The zero-order chi connectivity index (χ0) is 16.4. The normalized spacial score (nSPS) is 13.2. The van der Waals surface area contributed by atoms with E-state index >= 15 is 0 Å². The van der Waals surface area contributed by atoms with Crippen molar-refractivity contribution in [3.63, 3.8) is 0 Å². The van der Waals surface area contributed by atoms with Crippen LogP contribution in [0.1, 0.15) is 20.8 Å². The van der Waals surface area contributed by atoms with Crippen LogP contribution in [0.25, 0.3) is 0 Å². The van der Waals surface area contributed by atoms with Gasteiger partial charge in [-0.1, -0.05) is 81.4 Å². The molecule has 0 bridgehead atoms. The van der Waals surface area contributed by atoms with Crippen LogP contribution in [-0.4, -0.2) is 16.6 Å². The van der Waals surface area contributed by atoms with E-state index in [1.54, 1.807) is 0 Å². The van der Waals surface area contributed by atoms with Crippen LogP contribution in [0.5, 0.6) is 0 Å². The van der Waals surface area contributed by atoms with Crippen molar-refractivity contribution < 1.29 is 4.12 Å². The van der Waals surface area contributed by atoms with Crippen molar-refractivity contribution in [2.45, 2.75) is 45.5 Å². The van der Waals surface area contributed by atoms with Gasteiger partial charge in [-0.3, -0.25) is 0 Å². The second-order valence-corrected chi connectivity index (χ2v) is 16.9. The molecule has 0 saturated heterocycles. The van der Waals surface area contributed by atoms with Gasteiger partial charge >= 0.3 is 0 Å². The average molecular weight is 329 g/mol. The first-order valence-electron chi connectivity index (χ1n) is 7.98. The van der Waals surface area contributed by atoms with Crippen LogP contribution >= 0.6 is 0 Å². The van der Waals surface area contributed by atoms with Gasteiger partial charge in [0.2, 0.25) is 0 Å². The van der Waals surface area contributed by atoms with Crippen LogP contribution in [0, 0.1) is 0 Å². The Morgan fingerprint density at radius 3 is 1.32 bits per heavy atom. The maximum Gasteiger partial charge on any atom is 0.250 e. The van der Waals surface area contributed by atoms with Crippen LogP contribution in [0.4, 0.5) is 0 Å². The summed E-state index contributed by atoms with van der Waals surface area (Å²) in [4.78, 5) is 0. The number of hydrogen-bond donors (Lipinski definition) is 0. The zero-order valence-electron chi connectivity index (χ0n) is 14.7. The molecule has 2 rings (SSSR count). The first-order chi connectivity index (χ1) is 10.2. The van der Waals surface area contributed by atoms with Crippen molar-refractivity contribution in [3.8, 4) is 0 Å². The zero-order valence-corrected chi connectivity index (χ0v) is 16.7. The molecule has 0 aliphatic rings. The van der Waals surface area contributed by atoms with Crippen molar-refractivity contribution >= 4 is 27.0 Å². The van der Waals surface area contributed by atoms with Crippen molar-refractivity contribution in [1.82, 2.24) is 0 Å². The number of hydrogen-bond acceptors (Lipinski definition) is 1. The summed E-state index contributed by atoms with van der Waals surface area (Å²) < 4.78 is 7.04. The average Bonchev–Trinajstić information content (AvgIpc) is 2.44. The lowest BCUT2D eigenvalue weighted by Crippen LogP contribution is -2.69. The highest BCUT2D eigenvalue weighted by Crippen LogP contribution is 2.38. The second kappa shape index (κ2) is 6.15. The SMILES string of the molecule is CC(C)(C)[Si](O[Si](C)(C)C)(c1ccccc1)c1ccccc1. The second-order valence-electron chi connectivity index (χ2n) is 7.88. The minimum atomic E-state index is -2.32. The fourth-order valence-corrected chi connectivity index (χ4v) is 12.3. The van der Waals surface area contributed by atoms with E-state index in [0.717, 1.165) is 0 Å². The van der Waals surface area contributed by atoms with E-state index in [1.165, 1.54) is 10.4 Å². The van der Waals surface area contributed by atoms with Gasteiger partial charge in [0.05, 0.1) is 0 Å². The highest BCUT2D eigenvalue weighted by molar-refractivity contribution is 7.03. The molecule has 0 heterocycles. The van der Waals surface area contributed by atoms with Crippen molar-refractivity contribution in [1.29, 1.82) is 0 Å². The molecule has 3 heteroatoms. The lowest BCUT2D eigenvalue weighted by molar-refractivity contribution is 0.507. The summed E-state index contributed by atoms with van der Waals surface area (Å²) in [6.45, 7) is 13.9. The lowest BCUT2D eigenvalue weighted by Gasteiger charge is -2.46. The number of benzene rings is 2. The van der Waals surface area contributed by atoms with E-state index in [-0.39, 0.29) is 5.04 Å². The molecule has 0 saturated carbocycles. The largest absolute Gasteiger partial charge is 0.449 e. The van der Waals surface area contributed by atoms with E-state index in [9.17, 15) is 0 Å². The topological polar surface area (TPSA) is 9.23 Å².